The van der Waals surface area contributed by atoms with Gasteiger partial charge in [0, 0.05) is 30.4 Å². The van der Waals surface area contributed by atoms with Crippen molar-refractivity contribution in [2.75, 3.05) is 18.0 Å². The van der Waals surface area contributed by atoms with Gasteiger partial charge < -0.3 is 14.6 Å². The minimum absolute atomic E-state index is 0.0756. The number of rotatable bonds is 3. The monoisotopic (exact) mass is 338 g/mol. The third-order valence-corrected chi connectivity index (χ3v) is 4.74. The van der Waals surface area contributed by atoms with Gasteiger partial charge >= 0.3 is 0 Å². The molecule has 1 aromatic carbocycles. The van der Waals surface area contributed by atoms with Crippen LogP contribution in [0.3, 0.4) is 0 Å². The molecule has 0 bridgehead atoms. The number of benzene rings is 1. The van der Waals surface area contributed by atoms with Crippen LogP contribution in [0.4, 0.5) is 5.82 Å². The molecule has 1 fully saturated rings. The van der Waals surface area contributed by atoms with Crippen LogP contribution in [0.1, 0.15) is 26.7 Å². The van der Waals surface area contributed by atoms with Crippen molar-refractivity contribution in [3.8, 4) is 0 Å². The molecular weight excluding hydrogens is 316 g/mol. The SMILES string of the molecule is CC(C)NC(=O)C1CCN(c2ncnc3c2oc2ccccc23)CC1. The predicted octanol–water partition coefficient (Wildman–Crippen LogP) is 3.12. The summed E-state index contributed by atoms with van der Waals surface area (Å²) < 4.78 is 6.02. The maximum Gasteiger partial charge on any atom is 0.223 e. The Labute approximate surface area is 146 Å². The van der Waals surface area contributed by atoms with E-state index >= 15 is 0 Å². The van der Waals surface area contributed by atoms with Crippen molar-refractivity contribution in [3.05, 3.63) is 30.6 Å². The number of anilines is 1. The fraction of sp³-hybridized carbons (Fsp3) is 0.421. The van der Waals surface area contributed by atoms with Crippen molar-refractivity contribution in [2.24, 2.45) is 5.92 Å². The number of nitrogens with one attached hydrogen (secondary N) is 1. The number of carbonyl (C=O) groups excluding carboxylic acids is 1. The molecule has 6 heteroatoms. The molecule has 0 aliphatic carbocycles. The van der Waals surface area contributed by atoms with Gasteiger partial charge in [-0.15, -0.1) is 0 Å². The van der Waals surface area contributed by atoms with Crippen LogP contribution >= 0.6 is 0 Å². The van der Waals surface area contributed by atoms with Crippen LogP contribution in [-0.4, -0.2) is 35.0 Å². The van der Waals surface area contributed by atoms with Crippen LogP contribution in [-0.2, 0) is 4.79 Å². The van der Waals surface area contributed by atoms with Crippen LogP contribution in [0.2, 0.25) is 0 Å². The van der Waals surface area contributed by atoms with E-state index in [9.17, 15) is 4.79 Å². The summed E-state index contributed by atoms with van der Waals surface area (Å²) in [6, 6.07) is 8.08. The minimum Gasteiger partial charge on any atom is -0.450 e. The Hall–Kier alpha value is -2.63. The molecule has 1 aliphatic rings. The molecule has 0 atom stereocenters. The van der Waals surface area contributed by atoms with E-state index in [1.807, 2.05) is 38.1 Å². The molecular formula is C19H22N4O2. The number of para-hydroxylation sites is 1. The fourth-order valence-electron chi connectivity index (χ4n) is 3.49. The number of nitrogens with zero attached hydrogens (tertiary/aromatic N) is 3. The molecule has 0 spiro atoms. The summed E-state index contributed by atoms with van der Waals surface area (Å²) in [6.45, 7) is 5.57. The van der Waals surface area contributed by atoms with Crippen LogP contribution < -0.4 is 10.2 Å². The number of furan rings is 1. The molecule has 0 unspecified atom stereocenters. The van der Waals surface area contributed by atoms with Gasteiger partial charge in [-0.25, -0.2) is 9.97 Å². The smallest absolute Gasteiger partial charge is 0.223 e. The summed E-state index contributed by atoms with van der Waals surface area (Å²) in [5.74, 6) is 1.06. The number of piperidine rings is 1. The van der Waals surface area contributed by atoms with Crippen LogP contribution in [0.25, 0.3) is 22.1 Å². The second-order valence-corrected chi connectivity index (χ2v) is 6.90. The van der Waals surface area contributed by atoms with E-state index in [1.165, 1.54) is 0 Å². The lowest BCUT2D eigenvalue weighted by atomic mass is 9.95. The molecule has 0 radical (unpaired) electrons. The van der Waals surface area contributed by atoms with E-state index in [0.717, 1.165) is 53.8 Å². The van der Waals surface area contributed by atoms with Gasteiger partial charge in [-0.1, -0.05) is 12.1 Å². The molecule has 3 heterocycles. The Morgan fingerprint density at radius 2 is 2.00 bits per heavy atom. The zero-order valence-corrected chi connectivity index (χ0v) is 14.5. The molecule has 6 nitrogen and oxygen atoms in total. The first-order valence-electron chi connectivity index (χ1n) is 8.81. The van der Waals surface area contributed by atoms with E-state index in [-0.39, 0.29) is 17.9 Å². The molecule has 25 heavy (non-hydrogen) atoms. The number of amides is 1. The maximum absolute atomic E-state index is 12.2. The molecule has 0 saturated carbocycles. The van der Waals surface area contributed by atoms with Crippen molar-refractivity contribution in [2.45, 2.75) is 32.7 Å². The van der Waals surface area contributed by atoms with Crippen molar-refractivity contribution in [1.82, 2.24) is 15.3 Å². The van der Waals surface area contributed by atoms with Gasteiger partial charge in [-0.3, -0.25) is 4.79 Å². The second kappa shape index (κ2) is 6.35. The first-order chi connectivity index (χ1) is 12.1. The van der Waals surface area contributed by atoms with Gasteiger partial charge in [0.25, 0.3) is 0 Å². The van der Waals surface area contributed by atoms with Crippen molar-refractivity contribution in [3.63, 3.8) is 0 Å². The molecule has 1 saturated heterocycles. The molecule has 3 aromatic rings. The summed E-state index contributed by atoms with van der Waals surface area (Å²) in [4.78, 5) is 23.3. The number of hydrogen-bond donors (Lipinski definition) is 1. The number of carbonyl (C=O) groups is 1. The average molecular weight is 338 g/mol. The Morgan fingerprint density at radius 1 is 1.24 bits per heavy atom. The van der Waals surface area contributed by atoms with E-state index in [1.54, 1.807) is 6.33 Å². The van der Waals surface area contributed by atoms with Crippen molar-refractivity contribution < 1.29 is 9.21 Å². The van der Waals surface area contributed by atoms with E-state index in [4.69, 9.17) is 4.42 Å². The highest BCUT2D eigenvalue weighted by Crippen LogP contribution is 2.33. The predicted molar refractivity (Wildman–Crippen MR) is 97.5 cm³/mol. The van der Waals surface area contributed by atoms with Gasteiger partial charge in [0.15, 0.2) is 11.4 Å². The average Bonchev–Trinajstić information content (AvgIpc) is 3.00. The highest BCUT2D eigenvalue weighted by molar-refractivity contribution is 6.05. The molecule has 2 aromatic heterocycles. The van der Waals surface area contributed by atoms with Crippen LogP contribution in [0.15, 0.2) is 35.0 Å². The zero-order valence-electron chi connectivity index (χ0n) is 14.5. The topological polar surface area (TPSA) is 71.3 Å². The molecule has 4 rings (SSSR count). The number of aromatic nitrogens is 2. The Bertz CT molecular complexity index is 910. The van der Waals surface area contributed by atoms with Crippen molar-refractivity contribution >= 4 is 33.8 Å². The van der Waals surface area contributed by atoms with Crippen molar-refractivity contribution in [1.29, 1.82) is 0 Å². The number of fused-ring (bicyclic) bond motifs is 3. The Kier molecular flexibility index (Phi) is 4.03. The lowest BCUT2D eigenvalue weighted by molar-refractivity contribution is -0.126. The summed E-state index contributed by atoms with van der Waals surface area (Å²) in [5.41, 5.74) is 2.40. The van der Waals surface area contributed by atoms with Gasteiger partial charge in [0.2, 0.25) is 5.91 Å². The van der Waals surface area contributed by atoms with Crippen LogP contribution in [0.5, 0.6) is 0 Å². The lowest BCUT2D eigenvalue weighted by Crippen LogP contribution is -2.42. The van der Waals surface area contributed by atoms with E-state index in [0.29, 0.717) is 0 Å². The van der Waals surface area contributed by atoms with Gasteiger partial charge in [0.05, 0.1) is 0 Å². The highest BCUT2D eigenvalue weighted by atomic mass is 16.3. The third kappa shape index (κ3) is 2.92. The Morgan fingerprint density at radius 3 is 2.76 bits per heavy atom. The minimum atomic E-state index is 0.0756. The highest BCUT2D eigenvalue weighted by Gasteiger charge is 2.27. The molecule has 1 N–H and O–H groups in total. The molecule has 1 amide bonds. The summed E-state index contributed by atoms with van der Waals surface area (Å²) in [7, 11) is 0. The quantitative estimate of drug-likeness (QED) is 0.794. The van der Waals surface area contributed by atoms with E-state index < -0.39 is 0 Å². The molecule has 130 valence electrons. The lowest BCUT2D eigenvalue weighted by Gasteiger charge is -2.32. The second-order valence-electron chi connectivity index (χ2n) is 6.90. The largest absolute Gasteiger partial charge is 0.450 e. The zero-order chi connectivity index (χ0) is 17.4. The van der Waals surface area contributed by atoms with Gasteiger partial charge in [0.1, 0.15) is 17.4 Å². The number of hydrogen-bond acceptors (Lipinski definition) is 5. The summed E-state index contributed by atoms with van der Waals surface area (Å²) in [6.07, 6.45) is 3.24. The molecule has 1 aliphatic heterocycles. The third-order valence-electron chi connectivity index (χ3n) is 4.74. The Balaban J connectivity index is 1.58. The normalized spacial score (nSPS) is 16.0. The fourth-order valence-corrected chi connectivity index (χ4v) is 3.49. The first kappa shape index (κ1) is 15.9. The first-order valence-corrected chi connectivity index (χ1v) is 8.81. The van der Waals surface area contributed by atoms with Gasteiger partial charge in [-0.05, 0) is 38.8 Å². The maximum atomic E-state index is 12.2. The van der Waals surface area contributed by atoms with Gasteiger partial charge in [-0.2, -0.15) is 0 Å². The standard InChI is InChI=1S/C19H22N4O2/c1-12(2)22-19(24)13-7-9-23(10-8-13)18-17-16(20-11-21-18)14-5-3-4-6-15(14)25-17/h3-6,11-13H,7-10H2,1-2H3,(H,22,24). The van der Waals surface area contributed by atoms with E-state index in [2.05, 4.69) is 20.2 Å². The summed E-state index contributed by atoms with van der Waals surface area (Å²) >= 11 is 0. The van der Waals surface area contributed by atoms with Crippen LogP contribution in [0, 0.1) is 5.92 Å². The summed E-state index contributed by atoms with van der Waals surface area (Å²) in [5, 5.41) is 4.02.